The number of rotatable bonds is 6. The molecule has 0 aliphatic rings. The smallest absolute Gasteiger partial charge is 0.244 e. The fraction of sp³-hybridized carbons (Fsp3) is 0.429. The lowest BCUT2D eigenvalue weighted by atomic mass is 10.2. The van der Waals surface area contributed by atoms with Gasteiger partial charge in [-0.05, 0) is 42.8 Å². The zero-order valence-electron chi connectivity index (χ0n) is 11.3. The van der Waals surface area contributed by atoms with Gasteiger partial charge in [0.1, 0.15) is 6.04 Å². The molecule has 0 saturated carbocycles. The van der Waals surface area contributed by atoms with Gasteiger partial charge in [0, 0.05) is 23.8 Å². The fourth-order valence-corrected chi connectivity index (χ4v) is 2.95. The van der Waals surface area contributed by atoms with Crippen LogP contribution >= 0.6 is 11.3 Å². The van der Waals surface area contributed by atoms with Gasteiger partial charge >= 0.3 is 0 Å². The summed E-state index contributed by atoms with van der Waals surface area (Å²) in [5.74, 6) is 0.0420. The average molecular weight is 277 g/mol. The van der Waals surface area contributed by atoms with Crippen LogP contribution in [0.25, 0.3) is 0 Å². The Morgan fingerprint density at radius 2 is 2.42 bits per heavy atom. The highest BCUT2D eigenvalue weighted by atomic mass is 32.1. The second-order valence-corrected chi connectivity index (χ2v) is 5.48. The topological polar surface area (TPSA) is 46.9 Å². The minimum Gasteiger partial charge on any atom is -0.354 e. The molecule has 19 heavy (non-hydrogen) atoms. The Bertz CT molecular complexity index is 519. The second kappa shape index (κ2) is 6.52. The van der Waals surface area contributed by atoms with E-state index in [0.29, 0.717) is 6.54 Å². The summed E-state index contributed by atoms with van der Waals surface area (Å²) in [6.45, 7) is 4.78. The lowest BCUT2D eigenvalue weighted by Gasteiger charge is -2.15. The van der Waals surface area contributed by atoms with Crippen LogP contribution in [0.2, 0.25) is 0 Å². The van der Waals surface area contributed by atoms with Gasteiger partial charge in [0.15, 0.2) is 0 Å². The highest BCUT2D eigenvalue weighted by molar-refractivity contribution is 7.10. The van der Waals surface area contributed by atoms with Crippen molar-refractivity contribution in [3.8, 4) is 0 Å². The molecule has 0 unspecified atom stereocenters. The first-order valence-corrected chi connectivity index (χ1v) is 7.40. The monoisotopic (exact) mass is 277 g/mol. The third-order valence-electron chi connectivity index (χ3n) is 3.15. The molecule has 5 heteroatoms. The van der Waals surface area contributed by atoms with Gasteiger partial charge in [-0.1, -0.05) is 6.92 Å². The molecular weight excluding hydrogens is 258 g/mol. The average Bonchev–Trinajstić information content (AvgIpc) is 3.03. The largest absolute Gasteiger partial charge is 0.354 e. The van der Waals surface area contributed by atoms with Crippen molar-refractivity contribution in [1.82, 2.24) is 15.1 Å². The first-order valence-electron chi connectivity index (χ1n) is 6.52. The maximum atomic E-state index is 12.1. The molecule has 1 atom stereocenters. The van der Waals surface area contributed by atoms with Gasteiger partial charge < -0.3 is 5.32 Å². The minimum atomic E-state index is -0.209. The summed E-state index contributed by atoms with van der Waals surface area (Å²) in [5, 5.41) is 9.22. The van der Waals surface area contributed by atoms with Gasteiger partial charge in [0.2, 0.25) is 5.91 Å². The number of amides is 1. The fourth-order valence-electron chi connectivity index (χ4n) is 2.03. The number of aromatic nitrogens is 2. The van der Waals surface area contributed by atoms with Crippen molar-refractivity contribution in [2.24, 2.45) is 0 Å². The molecule has 1 amide bonds. The van der Waals surface area contributed by atoms with Crippen molar-refractivity contribution in [1.29, 1.82) is 0 Å². The quantitative estimate of drug-likeness (QED) is 0.882. The highest BCUT2D eigenvalue weighted by Crippen LogP contribution is 2.15. The molecule has 0 aliphatic heterocycles. The van der Waals surface area contributed by atoms with Crippen LogP contribution in [0.3, 0.4) is 0 Å². The van der Waals surface area contributed by atoms with E-state index in [0.717, 1.165) is 12.8 Å². The Kier molecular flexibility index (Phi) is 4.74. The molecule has 0 radical (unpaired) electrons. The van der Waals surface area contributed by atoms with E-state index in [1.807, 2.05) is 19.2 Å². The number of hydrogen-bond acceptors (Lipinski definition) is 3. The van der Waals surface area contributed by atoms with Gasteiger partial charge in [-0.25, -0.2) is 0 Å². The van der Waals surface area contributed by atoms with Crippen LogP contribution < -0.4 is 5.32 Å². The summed E-state index contributed by atoms with van der Waals surface area (Å²) in [4.78, 5) is 13.5. The van der Waals surface area contributed by atoms with Gasteiger partial charge in [-0.3, -0.25) is 9.48 Å². The Balaban J connectivity index is 1.85. The van der Waals surface area contributed by atoms with Crippen LogP contribution in [0.4, 0.5) is 0 Å². The van der Waals surface area contributed by atoms with E-state index in [4.69, 9.17) is 0 Å². The van der Waals surface area contributed by atoms with Crippen LogP contribution in [-0.4, -0.2) is 22.2 Å². The van der Waals surface area contributed by atoms with Crippen molar-refractivity contribution in [2.45, 2.75) is 32.7 Å². The molecule has 2 rings (SSSR count). The van der Waals surface area contributed by atoms with E-state index in [-0.39, 0.29) is 11.9 Å². The summed E-state index contributed by atoms with van der Waals surface area (Å²) in [6, 6.07) is 3.74. The number of carbonyl (C=O) groups is 1. The summed E-state index contributed by atoms with van der Waals surface area (Å²) < 4.78 is 1.71. The molecule has 0 spiro atoms. The zero-order chi connectivity index (χ0) is 13.7. The molecule has 4 nitrogen and oxygen atoms in total. The highest BCUT2D eigenvalue weighted by Gasteiger charge is 2.17. The zero-order valence-corrected chi connectivity index (χ0v) is 12.1. The van der Waals surface area contributed by atoms with Gasteiger partial charge in [0.25, 0.3) is 0 Å². The van der Waals surface area contributed by atoms with E-state index in [1.165, 1.54) is 10.4 Å². The summed E-state index contributed by atoms with van der Waals surface area (Å²) in [6.07, 6.45) is 5.17. The lowest BCUT2D eigenvalue weighted by molar-refractivity contribution is -0.124. The van der Waals surface area contributed by atoms with Crippen molar-refractivity contribution in [3.05, 3.63) is 40.3 Å². The molecule has 102 valence electrons. The van der Waals surface area contributed by atoms with E-state index in [2.05, 4.69) is 28.8 Å². The number of nitrogens with zero attached hydrogens (tertiary/aromatic N) is 2. The van der Waals surface area contributed by atoms with Gasteiger partial charge in [-0.2, -0.15) is 5.10 Å². The molecule has 1 N–H and O–H groups in total. The van der Waals surface area contributed by atoms with Crippen LogP contribution in [0.5, 0.6) is 0 Å². The summed E-state index contributed by atoms with van der Waals surface area (Å²) in [7, 11) is 0. The first kappa shape index (κ1) is 13.8. The van der Waals surface area contributed by atoms with Crippen LogP contribution in [0.1, 0.15) is 29.8 Å². The molecule has 0 aromatic carbocycles. The summed E-state index contributed by atoms with van der Waals surface area (Å²) in [5.41, 5.74) is 1.30. The van der Waals surface area contributed by atoms with E-state index < -0.39 is 0 Å². The third-order valence-corrected chi connectivity index (χ3v) is 4.24. The Morgan fingerprint density at radius 1 is 1.58 bits per heavy atom. The third kappa shape index (κ3) is 3.44. The van der Waals surface area contributed by atoms with Crippen LogP contribution in [0, 0.1) is 6.92 Å². The molecule has 0 saturated heterocycles. The van der Waals surface area contributed by atoms with Gasteiger partial charge in [-0.15, -0.1) is 11.3 Å². The minimum absolute atomic E-state index is 0.0420. The van der Waals surface area contributed by atoms with Crippen molar-refractivity contribution < 1.29 is 4.79 Å². The second-order valence-electron chi connectivity index (χ2n) is 4.48. The number of thiophene rings is 1. The molecule has 0 fully saturated rings. The molecule has 0 aliphatic carbocycles. The number of nitrogens with one attached hydrogen (secondary N) is 1. The van der Waals surface area contributed by atoms with Gasteiger partial charge in [0.05, 0.1) is 0 Å². The molecule has 0 bridgehead atoms. The van der Waals surface area contributed by atoms with Crippen LogP contribution in [0.15, 0.2) is 29.9 Å². The molecule has 2 aromatic heterocycles. The number of aryl methyl sites for hydroxylation is 1. The van der Waals surface area contributed by atoms with E-state index in [1.54, 1.807) is 22.2 Å². The maximum absolute atomic E-state index is 12.1. The number of carbonyl (C=O) groups excluding carboxylic acids is 1. The van der Waals surface area contributed by atoms with Crippen molar-refractivity contribution in [3.63, 3.8) is 0 Å². The lowest BCUT2D eigenvalue weighted by Crippen LogP contribution is -2.33. The predicted octanol–water partition coefficient (Wildman–Crippen LogP) is 2.56. The Hall–Kier alpha value is -1.62. The predicted molar refractivity (Wildman–Crippen MR) is 77.3 cm³/mol. The van der Waals surface area contributed by atoms with Crippen molar-refractivity contribution >= 4 is 17.2 Å². The Morgan fingerprint density at radius 3 is 3.00 bits per heavy atom. The molecular formula is C14H19N3OS. The maximum Gasteiger partial charge on any atom is 0.244 e. The Labute approximate surface area is 117 Å². The van der Waals surface area contributed by atoms with E-state index in [9.17, 15) is 4.79 Å². The molecule has 2 heterocycles. The number of hydrogen-bond donors (Lipinski definition) is 1. The van der Waals surface area contributed by atoms with Crippen molar-refractivity contribution in [2.75, 3.05) is 6.54 Å². The summed E-state index contributed by atoms with van der Waals surface area (Å²) >= 11 is 1.74. The first-order chi connectivity index (χ1) is 9.22. The SMILES string of the molecule is CC[C@@H](C(=O)NCCc1sccc1C)n1cccn1. The van der Waals surface area contributed by atoms with E-state index >= 15 is 0 Å². The van der Waals surface area contributed by atoms with Crippen LogP contribution in [-0.2, 0) is 11.2 Å². The standard InChI is InChI=1S/C14H19N3OS/c1-3-12(17-9-4-7-16-17)14(18)15-8-5-13-11(2)6-10-19-13/h4,6-7,9-10,12H,3,5,8H2,1-2H3,(H,15,18)/t12-/m0/s1. The normalized spacial score (nSPS) is 12.3. The molecule has 2 aromatic rings.